The van der Waals surface area contributed by atoms with Crippen LogP contribution in [0.5, 0.6) is 0 Å². The zero-order valence-corrected chi connectivity index (χ0v) is 9.71. The van der Waals surface area contributed by atoms with E-state index in [1.54, 1.807) is 0 Å². The highest BCUT2D eigenvalue weighted by Crippen LogP contribution is 2.19. The van der Waals surface area contributed by atoms with Crippen LogP contribution in [0.25, 0.3) is 0 Å². The van der Waals surface area contributed by atoms with Crippen LogP contribution < -0.4 is 0 Å². The third kappa shape index (κ3) is 2.32. The van der Waals surface area contributed by atoms with E-state index >= 15 is 0 Å². The number of nitrogens with zero attached hydrogens (tertiary/aromatic N) is 1. The summed E-state index contributed by atoms with van der Waals surface area (Å²) in [4.78, 5) is 5.20. The van der Waals surface area contributed by atoms with Crippen molar-refractivity contribution in [3.63, 3.8) is 0 Å². The highest BCUT2D eigenvalue weighted by molar-refractivity contribution is 6.18. The Morgan fingerprint density at radius 3 is 2.53 bits per heavy atom. The molecule has 1 aromatic carbocycles. The summed E-state index contributed by atoms with van der Waals surface area (Å²) in [7, 11) is 0. The molecule has 1 heterocycles. The number of aryl methyl sites for hydroxylation is 2. The number of alkyl halides is 1. The molecule has 1 aromatic rings. The lowest BCUT2D eigenvalue weighted by atomic mass is 10.0. The van der Waals surface area contributed by atoms with Crippen LogP contribution in [0.1, 0.15) is 23.1 Å². The summed E-state index contributed by atoms with van der Waals surface area (Å²) in [6, 6.07) is 6.41. The molecule has 2 rings (SSSR count). The van der Waals surface area contributed by atoms with Crippen molar-refractivity contribution in [1.29, 1.82) is 0 Å². The van der Waals surface area contributed by atoms with E-state index in [9.17, 15) is 0 Å². The van der Waals surface area contributed by atoms with Gasteiger partial charge in [-0.1, -0.05) is 34.5 Å². The van der Waals surface area contributed by atoms with Crippen molar-refractivity contribution in [3.8, 4) is 0 Å². The van der Waals surface area contributed by atoms with E-state index in [0.29, 0.717) is 5.88 Å². The predicted octanol–water partition coefficient (Wildman–Crippen LogP) is 3.04. The molecule has 80 valence electrons. The minimum absolute atomic E-state index is 0.0440. The van der Waals surface area contributed by atoms with Crippen molar-refractivity contribution < 1.29 is 4.84 Å². The molecule has 1 atom stereocenters. The summed E-state index contributed by atoms with van der Waals surface area (Å²) in [6.45, 7) is 4.18. The van der Waals surface area contributed by atoms with Gasteiger partial charge in [0.25, 0.3) is 0 Å². The van der Waals surface area contributed by atoms with Gasteiger partial charge in [0.15, 0.2) is 0 Å². The Labute approximate surface area is 94.9 Å². The largest absolute Gasteiger partial charge is 0.391 e. The average molecular weight is 224 g/mol. The molecule has 0 saturated heterocycles. The van der Waals surface area contributed by atoms with Crippen LogP contribution in [0, 0.1) is 13.8 Å². The Hall–Kier alpha value is -1.02. The molecule has 0 amide bonds. The van der Waals surface area contributed by atoms with Gasteiger partial charge < -0.3 is 4.84 Å². The Morgan fingerprint density at radius 1 is 1.33 bits per heavy atom. The van der Waals surface area contributed by atoms with Crippen LogP contribution in [-0.4, -0.2) is 17.7 Å². The van der Waals surface area contributed by atoms with Gasteiger partial charge in [-0.3, -0.25) is 0 Å². The summed E-state index contributed by atoms with van der Waals surface area (Å²) >= 11 is 5.72. The minimum atomic E-state index is 0.0440. The first-order valence-electron chi connectivity index (χ1n) is 5.06. The summed E-state index contributed by atoms with van der Waals surface area (Å²) in [5.41, 5.74) is 4.66. The van der Waals surface area contributed by atoms with Crippen LogP contribution in [0.3, 0.4) is 0 Å². The summed E-state index contributed by atoms with van der Waals surface area (Å²) in [5.74, 6) is 0.498. The van der Waals surface area contributed by atoms with Gasteiger partial charge in [0.05, 0.1) is 11.6 Å². The molecule has 15 heavy (non-hydrogen) atoms. The van der Waals surface area contributed by atoms with E-state index < -0.39 is 0 Å². The number of benzene rings is 1. The van der Waals surface area contributed by atoms with E-state index in [0.717, 1.165) is 17.7 Å². The SMILES string of the molecule is Cc1cc(C)cc(C2=NOC(CCl)C2)c1. The van der Waals surface area contributed by atoms with Gasteiger partial charge in [0, 0.05) is 6.42 Å². The van der Waals surface area contributed by atoms with E-state index in [-0.39, 0.29) is 6.10 Å². The highest BCUT2D eigenvalue weighted by Gasteiger charge is 2.21. The smallest absolute Gasteiger partial charge is 0.146 e. The number of hydrogen-bond donors (Lipinski definition) is 0. The molecule has 3 heteroatoms. The fraction of sp³-hybridized carbons (Fsp3) is 0.417. The molecule has 0 bridgehead atoms. The second-order valence-electron chi connectivity index (χ2n) is 4.00. The zero-order valence-electron chi connectivity index (χ0n) is 8.96. The molecule has 1 aliphatic rings. The number of halogens is 1. The molecule has 0 aliphatic carbocycles. The Morgan fingerprint density at radius 2 is 2.00 bits per heavy atom. The standard InChI is InChI=1S/C12H14ClNO/c1-8-3-9(2)5-10(4-8)12-6-11(7-13)15-14-12/h3-5,11H,6-7H2,1-2H3. The maximum Gasteiger partial charge on any atom is 0.146 e. The van der Waals surface area contributed by atoms with Gasteiger partial charge in [-0.05, 0) is 19.4 Å². The van der Waals surface area contributed by atoms with Crippen LogP contribution >= 0.6 is 11.6 Å². The molecule has 0 radical (unpaired) electrons. The summed E-state index contributed by atoms with van der Waals surface area (Å²) in [6.07, 6.45) is 0.856. The van der Waals surface area contributed by atoms with Gasteiger partial charge in [-0.25, -0.2) is 0 Å². The Bertz CT molecular complexity index is 380. The van der Waals surface area contributed by atoms with Crippen molar-refractivity contribution >= 4 is 17.3 Å². The lowest BCUT2D eigenvalue weighted by Gasteiger charge is -2.03. The molecule has 1 unspecified atom stereocenters. The van der Waals surface area contributed by atoms with Crippen molar-refractivity contribution in [3.05, 3.63) is 34.9 Å². The maximum atomic E-state index is 5.72. The molecular weight excluding hydrogens is 210 g/mol. The lowest BCUT2D eigenvalue weighted by molar-refractivity contribution is 0.102. The number of rotatable bonds is 2. The van der Waals surface area contributed by atoms with Crippen LogP contribution in [0.15, 0.2) is 23.4 Å². The van der Waals surface area contributed by atoms with Crippen molar-refractivity contribution in [1.82, 2.24) is 0 Å². The molecule has 0 spiro atoms. The second-order valence-corrected chi connectivity index (χ2v) is 4.31. The van der Waals surface area contributed by atoms with Crippen molar-refractivity contribution in [2.75, 3.05) is 5.88 Å². The Kier molecular flexibility index (Phi) is 2.96. The fourth-order valence-corrected chi connectivity index (χ4v) is 1.99. The lowest BCUT2D eigenvalue weighted by Crippen LogP contribution is -2.09. The van der Waals surface area contributed by atoms with Gasteiger partial charge in [-0.15, -0.1) is 11.6 Å². The Balaban J connectivity index is 2.24. The molecule has 0 aromatic heterocycles. The monoisotopic (exact) mass is 223 g/mol. The van der Waals surface area contributed by atoms with Crippen molar-refractivity contribution in [2.24, 2.45) is 5.16 Å². The molecule has 0 fully saturated rings. The quantitative estimate of drug-likeness (QED) is 0.707. The molecule has 1 aliphatic heterocycles. The maximum absolute atomic E-state index is 5.72. The molecule has 0 saturated carbocycles. The normalized spacial score (nSPS) is 19.9. The van der Waals surface area contributed by atoms with Gasteiger partial charge in [0.1, 0.15) is 6.10 Å². The number of hydrogen-bond acceptors (Lipinski definition) is 2. The highest BCUT2D eigenvalue weighted by atomic mass is 35.5. The zero-order chi connectivity index (χ0) is 10.8. The van der Waals surface area contributed by atoms with E-state index in [1.807, 2.05) is 0 Å². The number of oxime groups is 1. The van der Waals surface area contributed by atoms with Crippen LogP contribution in [0.4, 0.5) is 0 Å². The van der Waals surface area contributed by atoms with E-state index in [2.05, 4.69) is 37.2 Å². The van der Waals surface area contributed by atoms with Gasteiger partial charge in [-0.2, -0.15) is 0 Å². The molecule has 0 N–H and O–H groups in total. The third-order valence-electron chi connectivity index (χ3n) is 2.46. The average Bonchev–Trinajstić information content (AvgIpc) is 2.64. The topological polar surface area (TPSA) is 21.6 Å². The van der Waals surface area contributed by atoms with Crippen LogP contribution in [0.2, 0.25) is 0 Å². The molecular formula is C12H14ClNO. The predicted molar refractivity (Wildman–Crippen MR) is 62.7 cm³/mol. The van der Waals surface area contributed by atoms with E-state index in [1.165, 1.54) is 11.1 Å². The first kappa shape index (κ1) is 10.5. The van der Waals surface area contributed by atoms with E-state index in [4.69, 9.17) is 16.4 Å². The van der Waals surface area contributed by atoms with Gasteiger partial charge >= 0.3 is 0 Å². The van der Waals surface area contributed by atoms with Crippen molar-refractivity contribution in [2.45, 2.75) is 26.4 Å². The third-order valence-corrected chi connectivity index (χ3v) is 2.80. The minimum Gasteiger partial charge on any atom is -0.391 e. The molecule has 2 nitrogen and oxygen atoms in total. The van der Waals surface area contributed by atoms with Crippen LogP contribution in [-0.2, 0) is 4.84 Å². The second kappa shape index (κ2) is 4.23. The fourth-order valence-electron chi connectivity index (χ4n) is 1.82. The summed E-state index contributed by atoms with van der Waals surface area (Å²) < 4.78 is 0. The first-order valence-corrected chi connectivity index (χ1v) is 5.60. The van der Waals surface area contributed by atoms with Gasteiger partial charge in [0.2, 0.25) is 0 Å². The first-order chi connectivity index (χ1) is 7.19. The summed E-state index contributed by atoms with van der Waals surface area (Å²) in [5, 5.41) is 4.07.